The van der Waals surface area contributed by atoms with Gasteiger partial charge in [-0.05, 0) is 6.42 Å². The van der Waals surface area contributed by atoms with Crippen molar-refractivity contribution in [1.29, 1.82) is 0 Å². The SMILES string of the molecule is NC[C@H]1O[C@@H](O[C@@H]2[C@H](O)C(N)CC(N)[C@H]2O[C@H]2OC([C@H](O)CO)[C@@H](O)[C@H](O)C2N)C(O)[C@H]1O. The fraction of sp³-hybridized carbons (Fsp3) is 1.00. The second kappa shape index (κ2) is 11.0. The summed E-state index contributed by atoms with van der Waals surface area (Å²) in [4.78, 5) is 0. The lowest BCUT2D eigenvalue weighted by Crippen LogP contribution is -2.68. The van der Waals surface area contributed by atoms with Crippen molar-refractivity contribution in [1.82, 2.24) is 0 Å². The summed E-state index contributed by atoms with van der Waals surface area (Å²) in [5, 5.41) is 70.5. The van der Waals surface area contributed by atoms with Gasteiger partial charge >= 0.3 is 0 Å². The zero-order valence-corrected chi connectivity index (χ0v) is 17.9. The molecule has 0 aromatic carbocycles. The molecule has 15 N–H and O–H groups in total. The highest BCUT2D eigenvalue weighted by molar-refractivity contribution is 5.02. The van der Waals surface area contributed by atoms with Gasteiger partial charge in [0, 0.05) is 18.6 Å². The van der Waals surface area contributed by atoms with Gasteiger partial charge in [-0.15, -0.1) is 0 Å². The molecule has 1 aliphatic carbocycles. The van der Waals surface area contributed by atoms with Crippen LogP contribution in [0.1, 0.15) is 6.42 Å². The van der Waals surface area contributed by atoms with Gasteiger partial charge in [-0.1, -0.05) is 0 Å². The van der Waals surface area contributed by atoms with E-state index in [0.29, 0.717) is 0 Å². The van der Waals surface area contributed by atoms with Crippen molar-refractivity contribution in [2.24, 2.45) is 22.9 Å². The Morgan fingerprint density at radius 2 is 1.42 bits per heavy atom. The minimum absolute atomic E-state index is 0.0934. The lowest BCUT2D eigenvalue weighted by molar-refractivity contribution is -0.317. The van der Waals surface area contributed by atoms with Crippen LogP contribution in [0.4, 0.5) is 0 Å². The molecule has 0 amide bonds. The molecule has 15 nitrogen and oxygen atoms in total. The van der Waals surface area contributed by atoms with Gasteiger partial charge in [-0.3, -0.25) is 0 Å². The second-order valence-corrected chi connectivity index (χ2v) is 8.79. The number of nitrogens with two attached hydrogens (primary N) is 4. The number of rotatable bonds is 7. The van der Waals surface area contributed by atoms with E-state index in [-0.39, 0.29) is 13.0 Å². The van der Waals surface area contributed by atoms with E-state index in [1.807, 2.05) is 0 Å². The zero-order valence-electron chi connectivity index (χ0n) is 17.9. The molecule has 0 radical (unpaired) electrons. The number of ether oxygens (including phenoxy) is 4. The van der Waals surface area contributed by atoms with Gasteiger partial charge in [-0.2, -0.15) is 0 Å². The third kappa shape index (κ3) is 5.32. The van der Waals surface area contributed by atoms with Crippen molar-refractivity contribution >= 4 is 0 Å². The topological polar surface area (TPSA) is 283 Å². The molecule has 15 atom stereocenters. The van der Waals surface area contributed by atoms with Crippen LogP contribution >= 0.6 is 0 Å². The molecule has 33 heavy (non-hydrogen) atoms. The van der Waals surface area contributed by atoms with Gasteiger partial charge < -0.3 is 77.6 Å². The van der Waals surface area contributed by atoms with Crippen LogP contribution in [-0.4, -0.2) is 141 Å². The smallest absolute Gasteiger partial charge is 0.187 e. The predicted molar refractivity (Wildman–Crippen MR) is 108 cm³/mol. The van der Waals surface area contributed by atoms with Crippen LogP contribution in [0.2, 0.25) is 0 Å². The quantitative estimate of drug-likeness (QED) is 0.160. The molecule has 2 aliphatic heterocycles. The average molecular weight is 485 g/mol. The molecule has 3 rings (SSSR count). The van der Waals surface area contributed by atoms with E-state index in [2.05, 4.69) is 0 Å². The Labute approximate surface area is 189 Å². The van der Waals surface area contributed by atoms with E-state index in [9.17, 15) is 35.7 Å². The van der Waals surface area contributed by atoms with Crippen LogP contribution in [-0.2, 0) is 18.9 Å². The van der Waals surface area contributed by atoms with E-state index < -0.39 is 98.4 Å². The van der Waals surface area contributed by atoms with E-state index >= 15 is 0 Å². The first kappa shape index (κ1) is 27.0. The van der Waals surface area contributed by atoms with Crippen molar-refractivity contribution in [3.05, 3.63) is 0 Å². The van der Waals surface area contributed by atoms with Crippen LogP contribution in [0.15, 0.2) is 0 Å². The third-order valence-electron chi connectivity index (χ3n) is 6.45. The van der Waals surface area contributed by atoms with Crippen LogP contribution in [0.25, 0.3) is 0 Å². The van der Waals surface area contributed by atoms with Crippen LogP contribution in [0, 0.1) is 0 Å². The molecule has 194 valence electrons. The van der Waals surface area contributed by atoms with E-state index in [0.717, 1.165) is 0 Å². The molecular formula is C18H36N4O11. The van der Waals surface area contributed by atoms with E-state index in [4.69, 9.17) is 41.9 Å². The Bertz CT molecular complexity index is 638. The molecule has 2 saturated heterocycles. The first-order chi connectivity index (χ1) is 15.5. The van der Waals surface area contributed by atoms with Gasteiger partial charge in [0.05, 0.1) is 18.8 Å². The first-order valence-corrected chi connectivity index (χ1v) is 10.8. The van der Waals surface area contributed by atoms with Gasteiger partial charge in [-0.25, -0.2) is 0 Å². The van der Waals surface area contributed by atoms with Crippen molar-refractivity contribution in [3.8, 4) is 0 Å². The molecule has 3 fully saturated rings. The summed E-state index contributed by atoms with van der Waals surface area (Å²) in [6.45, 7) is -0.857. The highest BCUT2D eigenvalue weighted by atomic mass is 16.7. The van der Waals surface area contributed by atoms with Crippen molar-refractivity contribution < 1.29 is 54.7 Å². The maximum atomic E-state index is 10.7. The lowest BCUT2D eigenvalue weighted by atomic mass is 9.84. The molecule has 2 heterocycles. The average Bonchev–Trinajstić information content (AvgIpc) is 3.06. The molecule has 0 spiro atoms. The fourth-order valence-electron chi connectivity index (χ4n) is 4.39. The Morgan fingerprint density at radius 1 is 0.788 bits per heavy atom. The van der Waals surface area contributed by atoms with Gasteiger partial charge in [0.15, 0.2) is 12.6 Å². The van der Waals surface area contributed by atoms with Crippen LogP contribution < -0.4 is 22.9 Å². The van der Waals surface area contributed by atoms with Gasteiger partial charge in [0.2, 0.25) is 0 Å². The summed E-state index contributed by atoms with van der Waals surface area (Å²) in [6, 6.07) is -2.95. The van der Waals surface area contributed by atoms with Gasteiger partial charge in [0.25, 0.3) is 0 Å². The molecule has 15 heteroatoms. The molecule has 0 aromatic heterocycles. The van der Waals surface area contributed by atoms with Crippen molar-refractivity contribution in [2.75, 3.05) is 13.2 Å². The largest absolute Gasteiger partial charge is 0.394 e. The number of hydrogen-bond acceptors (Lipinski definition) is 15. The van der Waals surface area contributed by atoms with E-state index in [1.54, 1.807) is 0 Å². The maximum absolute atomic E-state index is 10.7. The standard InChI is InChI=1S/C18H36N4O11/c19-2-7-10(26)13(29)18(30-7)33-16-9(25)4(20)1-5(21)14(16)31-17-8(22)11(27)12(28)15(32-17)6(24)3-23/h4-18,23-29H,1-3,19-22H2/t4?,5?,6-,7-,8?,9-,10+,11-,12+,13?,14-,15?,16-,17+,18+/m1/s1. The van der Waals surface area contributed by atoms with E-state index in [1.165, 1.54) is 0 Å². The monoisotopic (exact) mass is 484 g/mol. The second-order valence-electron chi connectivity index (χ2n) is 8.79. The zero-order chi connectivity index (χ0) is 24.6. The number of hydrogen-bond donors (Lipinski definition) is 11. The van der Waals surface area contributed by atoms with Crippen LogP contribution in [0.5, 0.6) is 0 Å². The van der Waals surface area contributed by atoms with Gasteiger partial charge in [0.1, 0.15) is 54.9 Å². The molecule has 3 aliphatic rings. The molecule has 0 bridgehead atoms. The van der Waals surface area contributed by atoms with Crippen LogP contribution in [0.3, 0.4) is 0 Å². The third-order valence-corrected chi connectivity index (χ3v) is 6.45. The summed E-state index contributed by atoms with van der Waals surface area (Å²) < 4.78 is 22.5. The molecule has 0 aromatic rings. The summed E-state index contributed by atoms with van der Waals surface area (Å²) in [6.07, 6.45) is -16.4. The summed E-state index contributed by atoms with van der Waals surface area (Å²) in [5.41, 5.74) is 23.6. The number of aliphatic hydroxyl groups excluding tert-OH is 7. The highest BCUT2D eigenvalue weighted by Crippen LogP contribution is 2.32. The molecular weight excluding hydrogens is 448 g/mol. The summed E-state index contributed by atoms with van der Waals surface area (Å²) in [7, 11) is 0. The molecule has 1 saturated carbocycles. The summed E-state index contributed by atoms with van der Waals surface area (Å²) in [5.74, 6) is 0. The number of aliphatic hydroxyl groups is 7. The Kier molecular flexibility index (Phi) is 8.99. The highest BCUT2D eigenvalue weighted by Gasteiger charge is 2.52. The normalized spacial score (nSPS) is 52.1. The Morgan fingerprint density at radius 3 is 2.00 bits per heavy atom. The minimum atomic E-state index is -1.61. The lowest BCUT2D eigenvalue weighted by Gasteiger charge is -2.47. The van der Waals surface area contributed by atoms with Crippen molar-refractivity contribution in [3.63, 3.8) is 0 Å². The molecule has 5 unspecified atom stereocenters. The Balaban J connectivity index is 1.79. The first-order valence-electron chi connectivity index (χ1n) is 10.8. The van der Waals surface area contributed by atoms with Crippen molar-refractivity contribution in [2.45, 2.75) is 98.2 Å². The predicted octanol–water partition coefficient (Wildman–Crippen LogP) is -7.29. The Hall–Kier alpha value is -0.600. The maximum Gasteiger partial charge on any atom is 0.187 e. The minimum Gasteiger partial charge on any atom is -0.394 e. The fourth-order valence-corrected chi connectivity index (χ4v) is 4.39. The summed E-state index contributed by atoms with van der Waals surface area (Å²) >= 11 is 0.